The van der Waals surface area contributed by atoms with Gasteiger partial charge in [-0.25, -0.2) is 19.3 Å². The highest BCUT2D eigenvalue weighted by Crippen LogP contribution is 2.29. The molecule has 0 radical (unpaired) electrons. The van der Waals surface area contributed by atoms with E-state index in [4.69, 9.17) is 11.6 Å². The van der Waals surface area contributed by atoms with Gasteiger partial charge in [-0.05, 0) is 31.9 Å². The zero-order valence-corrected chi connectivity index (χ0v) is 16.2. The fraction of sp³-hybridized carbons (Fsp3) is 0.421. The van der Waals surface area contributed by atoms with Crippen LogP contribution in [-0.4, -0.2) is 55.3 Å². The van der Waals surface area contributed by atoms with Gasteiger partial charge in [-0.15, -0.1) is 0 Å². The number of hydrogen-bond donors (Lipinski definition) is 3. The lowest BCUT2D eigenvalue weighted by Gasteiger charge is -2.30. The molecular weight excluding hydrogens is 383 g/mol. The van der Waals surface area contributed by atoms with Crippen LogP contribution in [0.5, 0.6) is 0 Å². The number of H-pyrrole nitrogens is 1. The van der Waals surface area contributed by atoms with E-state index in [9.17, 15) is 9.50 Å². The molecule has 7 nitrogen and oxygen atoms in total. The molecule has 3 aromatic rings. The van der Waals surface area contributed by atoms with Crippen LogP contribution < -0.4 is 5.32 Å². The smallest absolute Gasteiger partial charge is 0.183 e. The third kappa shape index (κ3) is 3.67. The van der Waals surface area contributed by atoms with Crippen molar-refractivity contribution >= 4 is 28.5 Å². The maximum absolute atomic E-state index is 14.4. The van der Waals surface area contributed by atoms with E-state index in [1.165, 1.54) is 0 Å². The van der Waals surface area contributed by atoms with Crippen LogP contribution in [0.2, 0.25) is 5.02 Å². The Bertz CT molecular complexity index is 980. The van der Waals surface area contributed by atoms with Crippen molar-refractivity contribution < 1.29 is 9.50 Å². The quantitative estimate of drug-likeness (QED) is 0.617. The molecule has 0 saturated carbocycles. The van der Waals surface area contributed by atoms with Gasteiger partial charge < -0.3 is 15.4 Å². The summed E-state index contributed by atoms with van der Waals surface area (Å²) in [4.78, 5) is 17.8. The molecule has 3 aromatic heterocycles. The molecule has 0 amide bonds. The van der Waals surface area contributed by atoms with Crippen molar-refractivity contribution in [3.8, 4) is 11.4 Å². The van der Waals surface area contributed by atoms with Gasteiger partial charge in [0.1, 0.15) is 11.9 Å². The van der Waals surface area contributed by atoms with Gasteiger partial charge >= 0.3 is 0 Å². The molecule has 0 bridgehead atoms. The first-order valence-corrected chi connectivity index (χ1v) is 9.79. The first-order chi connectivity index (χ1) is 13.6. The van der Waals surface area contributed by atoms with Crippen molar-refractivity contribution in [3.05, 3.63) is 35.5 Å². The highest BCUT2D eigenvalue weighted by Gasteiger charge is 2.28. The Hall–Kier alpha value is -2.29. The number of likely N-dealkylation sites (N-methyl/N-ethyl adjacent to an activating group) is 1. The standard InChI is InChI=1S/C19H22ClFN6O/c1-2-27-6-4-3-5-15(19(27)28)25-18-14(21)10-24-17(26-18)13-9-23-16-12(13)7-11(20)8-22-16/h7-10,15,19,28H,2-6H2,1H3,(H,22,23)(H,24,25,26)/t15-,19?/m0/s1. The molecule has 4 heterocycles. The zero-order valence-electron chi connectivity index (χ0n) is 15.5. The Morgan fingerprint density at radius 3 is 3.04 bits per heavy atom. The molecule has 148 valence electrons. The molecule has 0 aromatic carbocycles. The lowest BCUT2D eigenvalue weighted by Crippen LogP contribution is -2.46. The zero-order chi connectivity index (χ0) is 19.7. The van der Waals surface area contributed by atoms with Gasteiger partial charge in [0.25, 0.3) is 0 Å². The number of likely N-dealkylation sites (tertiary alicyclic amines) is 1. The van der Waals surface area contributed by atoms with Gasteiger partial charge in [-0.1, -0.05) is 18.5 Å². The summed E-state index contributed by atoms with van der Waals surface area (Å²) < 4.78 is 14.4. The van der Waals surface area contributed by atoms with Crippen molar-refractivity contribution in [1.29, 1.82) is 0 Å². The van der Waals surface area contributed by atoms with Crippen LogP contribution in [0.15, 0.2) is 24.7 Å². The lowest BCUT2D eigenvalue weighted by molar-refractivity contribution is 0.0000614. The van der Waals surface area contributed by atoms with Gasteiger partial charge in [0.2, 0.25) is 0 Å². The van der Waals surface area contributed by atoms with Crippen LogP contribution in [0.3, 0.4) is 0 Å². The monoisotopic (exact) mass is 404 g/mol. The maximum atomic E-state index is 14.4. The number of rotatable bonds is 4. The Kier molecular flexibility index (Phi) is 5.43. The molecule has 2 atom stereocenters. The van der Waals surface area contributed by atoms with Crippen molar-refractivity contribution in [2.75, 3.05) is 18.4 Å². The fourth-order valence-corrected chi connectivity index (χ4v) is 3.80. The number of aliphatic hydroxyl groups excluding tert-OH is 1. The van der Waals surface area contributed by atoms with E-state index >= 15 is 0 Å². The Labute approximate surface area is 167 Å². The summed E-state index contributed by atoms with van der Waals surface area (Å²) >= 11 is 6.06. The van der Waals surface area contributed by atoms with Crippen molar-refractivity contribution in [2.24, 2.45) is 0 Å². The summed E-state index contributed by atoms with van der Waals surface area (Å²) in [5, 5.41) is 15.0. The maximum Gasteiger partial charge on any atom is 0.183 e. The summed E-state index contributed by atoms with van der Waals surface area (Å²) in [7, 11) is 0. The predicted molar refractivity (Wildman–Crippen MR) is 107 cm³/mol. The van der Waals surface area contributed by atoms with E-state index in [-0.39, 0.29) is 11.9 Å². The van der Waals surface area contributed by atoms with Crippen LogP contribution in [0.25, 0.3) is 22.4 Å². The number of halogens is 2. The largest absolute Gasteiger partial charge is 0.376 e. The number of pyridine rings is 1. The molecule has 1 aliphatic heterocycles. The molecule has 0 aliphatic carbocycles. The molecule has 1 saturated heterocycles. The molecule has 0 spiro atoms. The van der Waals surface area contributed by atoms with Crippen LogP contribution in [0, 0.1) is 5.82 Å². The van der Waals surface area contributed by atoms with Crippen molar-refractivity contribution in [3.63, 3.8) is 0 Å². The highest BCUT2D eigenvalue weighted by atomic mass is 35.5. The second-order valence-electron chi connectivity index (χ2n) is 6.93. The van der Waals surface area contributed by atoms with Crippen molar-refractivity contribution in [1.82, 2.24) is 24.8 Å². The number of nitrogens with zero attached hydrogens (tertiary/aromatic N) is 4. The van der Waals surface area contributed by atoms with E-state index in [0.717, 1.165) is 43.9 Å². The van der Waals surface area contributed by atoms with Gasteiger partial charge in [0.05, 0.1) is 17.3 Å². The molecule has 1 fully saturated rings. The predicted octanol–water partition coefficient (Wildman–Crippen LogP) is 3.42. The van der Waals surface area contributed by atoms with Gasteiger partial charge in [-0.2, -0.15) is 0 Å². The van der Waals surface area contributed by atoms with Crippen LogP contribution >= 0.6 is 11.6 Å². The summed E-state index contributed by atoms with van der Waals surface area (Å²) in [5.74, 6) is -0.120. The van der Waals surface area contributed by atoms with Gasteiger partial charge in [0.15, 0.2) is 17.5 Å². The third-order valence-corrected chi connectivity index (χ3v) is 5.36. The average molecular weight is 405 g/mol. The highest BCUT2D eigenvalue weighted by molar-refractivity contribution is 6.31. The molecule has 4 rings (SSSR count). The Balaban J connectivity index is 1.66. The second-order valence-corrected chi connectivity index (χ2v) is 7.37. The van der Waals surface area contributed by atoms with Crippen LogP contribution in [-0.2, 0) is 0 Å². The molecule has 1 unspecified atom stereocenters. The Morgan fingerprint density at radius 1 is 1.36 bits per heavy atom. The number of aliphatic hydroxyl groups is 1. The SMILES string of the molecule is CCN1CCCC[C@H](Nc2nc(-c3c[nH]c4ncc(Cl)cc34)ncc2F)C1O. The second kappa shape index (κ2) is 7.98. The Morgan fingerprint density at radius 2 is 2.21 bits per heavy atom. The topological polar surface area (TPSA) is 90.0 Å². The molecule has 9 heteroatoms. The van der Waals surface area contributed by atoms with Gasteiger partial charge in [-0.3, -0.25) is 4.90 Å². The first-order valence-electron chi connectivity index (χ1n) is 9.41. The first kappa shape index (κ1) is 19.0. The number of nitrogens with one attached hydrogen (secondary N) is 2. The number of fused-ring (bicyclic) bond motifs is 1. The van der Waals surface area contributed by atoms with E-state index in [0.29, 0.717) is 22.1 Å². The fourth-order valence-electron chi connectivity index (χ4n) is 3.64. The summed E-state index contributed by atoms with van der Waals surface area (Å²) in [6.07, 6.45) is 6.42. The number of aromatic amines is 1. The molecular formula is C19H22ClFN6O. The minimum atomic E-state index is -0.693. The number of aromatic nitrogens is 4. The molecule has 1 aliphatic rings. The minimum absolute atomic E-state index is 0.0799. The summed E-state index contributed by atoms with van der Waals surface area (Å²) in [6, 6.07) is 1.46. The normalized spacial score (nSPS) is 21.0. The molecule has 28 heavy (non-hydrogen) atoms. The number of hydrogen-bond acceptors (Lipinski definition) is 6. The summed E-state index contributed by atoms with van der Waals surface area (Å²) in [6.45, 7) is 3.57. The summed E-state index contributed by atoms with van der Waals surface area (Å²) in [5.41, 5.74) is 1.34. The number of anilines is 1. The molecule has 3 N–H and O–H groups in total. The van der Waals surface area contributed by atoms with E-state index in [1.807, 2.05) is 11.8 Å². The van der Waals surface area contributed by atoms with Crippen LogP contribution in [0.1, 0.15) is 26.2 Å². The average Bonchev–Trinajstić information content (AvgIpc) is 3.02. The van der Waals surface area contributed by atoms with Crippen molar-refractivity contribution in [2.45, 2.75) is 38.5 Å². The minimum Gasteiger partial charge on any atom is -0.376 e. The van der Waals surface area contributed by atoms with Crippen LogP contribution in [0.4, 0.5) is 10.2 Å². The van der Waals surface area contributed by atoms with Gasteiger partial charge in [0, 0.05) is 29.9 Å². The van der Waals surface area contributed by atoms with E-state index in [2.05, 4.69) is 25.3 Å². The lowest BCUT2D eigenvalue weighted by atomic mass is 10.1. The van der Waals surface area contributed by atoms with E-state index < -0.39 is 12.0 Å². The third-order valence-electron chi connectivity index (χ3n) is 5.16. The van der Waals surface area contributed by atoms with E-state index in [1.54, 1.807) is 18.5 Å².